The highest BCUT2D eigenvalue weighted by atomic mass is 16.5. The third-order valence-corrected chi connectivity index (χ3v) is 2.53. The molecule has 0 unspecified atom stereocenters. The number of nitrogens with two attached hydrogens (primary N) is 1. The lowest BCUT2D eigenvalue weighted by atomic mass is 10.2. The van der Waals surface area contributed by atoms with E-state index in [9.17, 15) is 0 Å². The van der Waals surface area contributed by atoms with Gasteiger partial charge in [-0.25, -0.2) is 0 Å². The molecule has 0 saturated carbocycles. The van der Waals surface area contributed by atoms with Crippen LogP contribution in [0.3, 0.4) is 0 Å². The Morgan fingerprint density at radius 1 is 1.24 bits per heavy atom. The van der Waals surface area contributed by atoms with Crippen LogP contribution < -0.4 is 5.73 Å². The number of methoxy groups -OCH3 is 1. The zero-order chi connectivity index (χ0) is 12.3. The SMILES string of the molecule is COCCN(C/C=C/CN)Cc1ccccc1. The summed E-state index contributed by atoms with van der Waals surface area (Å²) in [5, 5.41) is 0. The zero-order valence-corrected chi connectivity index (χ0v) is 10.5. The Bertz CT molecular complexity index is 311. The van der Waals surface area contributed by atoms with Crippen molar-refractivity contribution in [1.82, 2.24) is 4.90 Å². The molecule has 0 atom stereocenters. The van der Waals surface area contributed by atoms with Crippen LogP contribution in [0.25, 0.3) is 0 Å². The number of nitrogens with zero attached hydrogens (tertiary/aromatic N) is 1. The Morgan fingerprint density at radius 2 is 2.00 bits per heavy atom. The van der Waals surface area contributed by atoms with Crippen molar-refractivity contribution < 1.29 is 4.74 Å². The number of rotatable bonds is 8. The topological polar surface area (TPSA) is 38.5 Å². The fourth-order valence-electron chi connectivity index (χ4n) is 1.62. The van der Waals surface area contributed by atoms with Crippen molar-refractivity contribution in [2.45, 2.75) is 6.54 Å². The first kappa shape index (κ1) is 13.9. The average Bonchev–Trinajstić information content (AvgIpc) is 2.37. The molecule has 2 N–H and O–H groups in total. The summed E-state index contributed by atoms with van der Waals surface area (Å²) in [5.41, 5.74) is 6.76. The predicted octanol–water partition coefficient (Wildman–Crippen LogP) is 1.65. The summed E-state index contributed by atoms with van der Waals surface area (Å²) >= 11 is 0. The first-order valence-electron chi connectivity index (χ1n) is 5.97. The predicted molar refractivity (Wildman–Crippen MR) is 71.8 cm³/mol. The van der Waals surface area contributed by atoms with E-state index in [0.29, 0.717) is 6.54 Å². The van der Waals surface area contributed by atoms with Crippen LogP contribution in [0.5, 0.6) is 0 Å². The van der Waals surface area contributed by atoms with Crippen molar-refractivity contribution in [3.63, 3.8) is 0 Å². The normalized spacial score (nSPS) is 11.5. The fourth-order valence-corrected chi connectivity index (χ4v) is 1.62. The highest BCUT2D eigenvalue weighted by Gasteiger charge is 2.03. The molecule has 0 heterocycles. The van der Waals surface area contributed by atoms with Crippen LogP contribution in [-0.2, 0) is 11.3 Å². The number of benzene rings is 1. The summed E-state index contributed by atoms with van der Waals surface area (Å²) in [6.45, 7) is 4.14. The van der Waals surface area contributed by atoms with Crippen LogP contribution in [0.15, 0.2) is 42.5 Å². The highest BCUT2D eigenvalue weighted by Crippen LogP contribution is 2.04. The lowest BCUT2D eigenvalue weighted by molar-refractivity contribution is 0.151. The molecule has 1 rings (SSSR count). The molecule has 94 valence electrons. The Hall–Kier alpha value is -1.16. The van der Waals surface area contributed by atoms with Gasteiger partial charge in [0.05, 0.1) is 6.61 Å². The molecule has 1 aromatic rings. The number of hydrogen-bond acceptors (Lipinski definition) is 3. The van der Waals surface area contributed by atoms with Crippen molar-refractivity contribution in [3.8, 4) is 0 Å². The second-order valence-corrected chi connectivity index (χ2v) is 3.92. The molecule has 17 heavy (non-hydrogen) atoms. The van der Waals surface area contributed by atoms with E-state index in [-0.39, 0.29) is 0 Å². The van der Waals surface area contributed by atoms with Gasteiger partial charge in [-0.15, -0.1) is 0 Å². The minimum atomic E-state index is 0.601. The summed E-state index contributed by atoms with van der Waals surface area (Å²) in [6, 6.07) is 10.5. The fraction of sp³-hybridized carbons (Fsp3) is 0.429. The molecule has 0 aromatic heterocycles. The van der Waals surface area contributed by atoms with Crippen molar-refractivity contribution in [1.29, 1.82) is 0 Å². The summed E-state index contributed by atoms with van der Waals surface area (Å²) in [6.07, 6.45) is 4.10. The van der Waals surface area contributed by atoms with Crippen LogP contribution in [0.4, 0.5) is 0 Å². The van der Waals surface area contributed by atoms with Gasteiger partial charge < -0.3 is 10.5 Å². The third-order valence-electron chi connectivity index (χ3n) is 2.53. The molecule has 0 saturated heterocycles. The van der Waals surface area contributed by atoms with Crippen molar-refractivity contribution in [2.24, 2.45) is 5.73 Å². The van der Waals surface area contributed by atoms with Gasteiger partial charge in [-0.3, -0.25) is 4.90 Å². The van der Waals surface area contributed by atoms with Crippen molar-refractivity contribution in [3.05, 3.63) is 48.0 Å². The van der Waals surface area contributed by atoms with Crippen molar-refractivity contribution >= 4 is 0 Å². The first-order valence-corrected chi connectivity index (χ1v) is 5.97. The quantitative estimate of drug-likeness (QED) is 0.695. The molecular formula is C14H22N2O. The van der Waals surface area contributed by atoms with Crippen LogP contribution in [0.2, 0.25) is 0 Å². The molecule has 3 heteroatoms. The number of hydrogen-bond donors (Lipinski definition) is 1. The van der Waals surface area contributed by atoms with Gasteiger partial charge >= 0.3 is 0 Å². The first-order chi connectivity index (χ1) is 8.36. The van der Waals surface area contributed by atoms with Gasteiger partial charge in [0.25, 0.3) is 0 Å². The molecule has 0 aliphatic carbocycles. The van der Waals surface area contributed by atoms with E-state index in [1.54, 1.807) is 7.11 Å². The lowest BCUT2D eigenvalue weighted by Gasteiger charge is -2.20. The van der Waals surface area contributed by atoms with E-state index in [2.05, 4.69) is 35.2 Å². The molecule has 3 nitrogen and oxygen atoms in total. The second-order valence-electron chi connectivity index (χ2n) is 3.92. The van der Waals surface area contributed by atoms with Crippen LogP contribution >= 0.6 is 0 Å². The third kappa shape index (κ3) is 6.22. The maximum Gasteiger partial charge on any atom is 0.0589 e. The zero-order valence-electron chi connectivity index (χ0n) is 10.5. The van der Waals surface area contributed by atoms with E-state index < -0.39 is 0 Å². The highest BCUT2D eigenvalue weighted by molar-refractivity contribution is 5.14. The summed E-state index contributed by atoms with van der Waals surface area (Å²) in [7, 11) is 1.73. The van der Waals surface area contributed by atoms with Gasteiger partial charge in [-0.1, -0.05) is 42.5 Å². The molecule has 0 radical (unpaired) electrons. The van der Waals surface area contributed by atoms with Crippen LogP contribution in [0, 0.1) is 0 Å². The Kier molecular flexibility index (Phi) is 7.30. The Labute approximate surface area is 104 Å². The van der Waals surface area contributed by atoms with Gasteiger partial charge in [0.15, 0.2) is 0 Å². The minimum Gasteiger partial charge on any atom is -0.383 e. The molecule has 1 aromatic carbocycles. The van der Waals surface area contributed by atoms with Crippen molar-refractivity contribution in [2.75, 3.05) is 33.4 Å². The summed E-state index contributed by atoms with van der Waals surface area (Å²) in [5.74, 6) is 0. The van der Waals surface area contributed by atoms with Crippen LogP contribution in [-0.4, -0.2) is 38.3 Å². The average molecular weight is 234 g/mol. The molecule has 0 amide bonds. The van der Waals surface area contributed by atoms with Gasteiger partial charge in [0.2, 0.25) is 0 Å². The van der Waals surface area contributed by atoms with E-state index in [0.717, 1.165) is 26.2 Å². The smallest absolute Gasteiger partial charge is 0.0589 e. The Morgan fingerprint density at radius 3 is 2.65 bits per heavy atom. The molecule has 0 fully saturated rings. The standard InChI is InChI=1S/C14H22N2O/c1-17-12-11-16(10-6-5-9-15)13-14-7-3-2-4-8-14/h2-8H,9-13,15H2,1H3/b6-5+. The molecule has 0 aliphatic heterocycles. The maximum atomic E-state index is 5.44. The molecular weight excluding hydrogens is 212 g/mol. The van der Waals surface area contributed by atoms with E-state index in [1.165, 1.54) is 5.56 Å². The summed E-state index contributed by atoms with van der Waals surface area (Å²) < 4.78 is 5.13. The summed E-state index contributed by atoms with van der Waals surface area (Å²) in [4.78, 5) is 2.34. The van der Waals surface area contributed by atoms with E-state index in [1.807, 2.05) is 12.1 Å². The minimum absolute atomic E-state index is 0.601. The lowest BCUT2D eigenvalue weighted by Crippen LogP contribution is -2.27. The van der Waals surface area contributed by atoms with Gasteiger partial charge in [0, 0.05) is 33.3 Å². The van der Waals surface area contributed by atoms with Gasteiger partial charge in [-0.05, 0) is 5.56 Å². The van der Waals surface area contributed by atoms with Crippen LogP contribution in [0.1, 0.15) is 5.56 Å². The molecule has 0 spiro atoms. The second kappa shape index (κ2) is 8.93. The van der Waals surface area contributed by atoms with Gasteiger partial charge in [-0.2, -0.15) is 0 Å². The molecule has 0 bridgehead atoms. The van der Waals surface area contributed by atoms with E-state index >= 15 is 0 Å². The Balaban J connectivity index is 2.47. The van der Waals surface area contributed by atoms with Gasteiger partial charge in [0.1, 0.15) is 0 Å². The number of ether oxygens (including phenoxy) is 1. The maximum absolute atomic E-state index is 5.44. The monoisotopic (exact) mass is 234 g/mol. The van der Waals surface area contributed by atoms with E-state index in [4.69, 9.17) is 10.5 Å². The largest absolute Gasteiger partial charge is 0.383 e. The molecule has 0 aliphatic rings.